The molecule has 0 heterocycles. The maximum Gasteiger partial charge on any atom is 0.319 e. The molecule has 0 fully saturated rings. The van der Waals surface area contributed by atoms with Crippen molar-refractivity contribution in [1.82, 2.24) is 0 Å². The molecule has 0 N–H and O–H groups in total. The lowest BCUT2D eigenvalue weighted by molar-refractivity contribution is -0.153. The van der Waals surface area contributed by atoms with Gasteiger partial charge in [0.05, 0.1) is 7.11 Å². The summed E-state index contributed by atoms with van der Waals surface area (Å²) in [6.45, 7) is 5.02. The monoisotopic (exact) mass is 190 g/mol. The Morgan fingerprint density at radius 1 is 1.42 bits per heavy atom. The lowest BCUT2D eigenvalue weighted by Crippen LogP contribution is -2.32. The minimum Gasteiger partial charge on any atom is -0.468 e. The molecular formula is C8H14O3S. The van der Waals surface area contributed by atoms with Crippen LogP contribution in [0.25, 0.3) is 0 Å². The first kappa shape index (κ1) is 11.5. The van der Waals surface area contributed by atoms with Crippen molar-refractivity contribution in [3.63, 3.8) is 0 Å². The van der Waals surface area contributed by atoms with E-state index in [4.69, 9.17) is 0 Å². The fraction of sp³-hybridized carbons (Fsp3) is 0.750. The van der Waals surface area contributed by atoms with Crippen LogP contribution in [0, 0.1) is 5.41 Å². The highest BCUT2D eigenvalue weighted by Gasteiger charge is 2.36. The average molecular weight is 190 g/mol. The van der Waals surface area contributed by atoms with Crippen molar-refractivity contribution in [2.24, 2.45) is 5.41 Å². The summed E-state index contributed by atoms with van der Waals surface area (Å²) in [7, 11) is 1.29. The van der Waals surface area contributed by atoms with E-state index in [0.717, 1.165) is 11.8 Å². The molecular weight excluding hydrogens is 176 g/mol. The van der Waals surface area contributed by atoms with Gasteiger partial charge in [0.25, 0.3) is 0 Å². The van der Waals surface area contributed by atoms with E-state index in [2.05, 4.69) is 4.74 Å². The fourth-order valence-electron chi connectivity index (χ4n) is 0.650. The number of esters is 1. The molecule has 0 spiro atoms. The molecule has 0 radical (unpaired) electrons. The largest absolute Gasteiger partial charge is 0.468 e. The number of hydrogen-bond donors (Lipinski definition) is 0. The van der Waals surface area contributed by atoms with Crippen molar-refractivity contribution in [2.75, 3.05) is 12.9 Å². The van der Waals surface area contributed by atoms with Crippen LogP contribution in [0.4, 0.5) is 0 Å². The van der Waals surface area contributed by atoms with Crippen LogP contribution in [-0.4, -0.2) is 23.9 Å². The van der Waals surface area contributed by atoms with Gasteiger partial charge in [0.2, 0.25) is 5.12 Å². The fourth-order valence-corrected chi connectivity index (χ4v) is 1.36. The molecule has 0 aliphatic heterocycles. The summed E-state index contributed by atoms with van der Waals surface area (Å²) in [4.78, 5) is 22.4. The first-order valence-electron chi connectivity index (χ1n) is 3.72. The first-order chi connectivity index (χ1) is 5.46. The highest BCUT2D eigenvalue weighted by Crippen LogP contribution is 2.24. The molecule has 0 aliphatic rings. The van der Waals surface area contributed by atoms with Crippen LogP contribution in [-0.2, 0) is 14.3 Å². The molecule has 0 saturated heterocycles. The van der Waals surface area contributed by atoms with Crippen molar-refractivity contribution < 1.29 is 14.3 Å². The highest BCUT2D eigenvalue weighted by molar-refractivity contribution is 8.13. The van der Waals surface area contributed by atoms with E-state index in [-0.39, 0.29) is 5.12 Å². The molecule has 0 aromatic rings. The van der Waals surface area contributed by atoms with Gasteiger partial charge in [0.15, 0.2) is 0 Å². The normalized spacial score (nSPS) is 11.0. The van der Waals surface area contributed by atoms with Crippen molar-refractivity contribution in [1.29, 1.82) is 0 Å². The van der Waals surface area contributed by atoms with Gasteiger partial charge in [-0.05, 0) is 19.6 Å². The van der Waals surface area contributed by atoms with Crippen molar-refractivity contribution in [3.05, 3.63) is 0 Å². The van der Waals surface area contributed by atoms with Gasteiger partial charge in [-0.3, -0.25) is 9.59 Å². The molecule has 0 rings (SSSR count). The average Bonchev–Trinajstić information content (AvgIpc) is 2.03. The molecule has 70 valence electrons. The Morgan fingerprint density at radius 2 is 1.92 bits per heavy atom. The van der Waals surface area contributed by atoms with Gasteiger partial charge in [0, 0.05) is 0 Å². The second kappa shape index (κ2) is 4.50. The Kier molecular flexibility index (Phi) is 4.31. The lowest BCUT2D eigenvalue weighted by atomic mass is 9.96. The van der Waals surface area contributed by atoms with E-state index in [0.29, 0.717) is 5.75 Å². The third-order valence-electron chi connectivity index (χ3n) is 1.48. The summed E-state index contributed by atoms with van der Waals surface area (Å²) in [5.74, 6) is 0.202. The second-order valence-electron chi connectivity index (χ2n) is 2.84. The Morgan fingerprint density at radius 3 is 2.25 bits per heavy atom. The van der Waals surface area contributed by atoms with E-state index >= 15 is 0 Å². The number of thioether (sulfide) groups is 1. The Hall–Kier alpha value is -0.510. The predicted molar refractivity (Wildman–Crippen MR) is 48.9 cm³/mol. The van der Waals surface area contributed by atoms with Gasteiger partial charge < -0.3 is 4.74 Å². The van der Waals surface area contributed by atoms with Gasteiger partial charge in [-0.2, -0.15) is 0 Å². The zero-order chi connectivity index (χ0) is 9.78. The third kappa shape index (κ3) is 2.52. The molecule has 0 unspecified atom stereocenters. The molecule has 0 aromatic carbocycles. The number of methoxy groups -OCH3 is 1. The van der Waals surface area contributed by atoms with Gasteiger partial charge in [-0.1, -0.05) is 18.7 Å². The molecule has 0 bridgehead atoms. The molecule has 12 heavy (non-hydrogen) atoms. The van der Waals surface area contributed by atoms with Gasteiger partial charge >= 0.3 is 5.97 Å². The summed E-state index contributed by atoms with van der Waals surface area (Å²) < 4.78 is 4.51. The maximum atomic E-state index is 11.3. The van der Waals surface area contributed by atoms with Gasteiger partial charge in [0.1, 0.15) is 5.41 Å². The summed E-state index contributed by atoms with van der Waals surface area (Å²) in [5.41, 5.74) is -1.02. The smallest absolute Gasteiger partial charge is 0.319 e. The molecule has 0 saturated carbocycles. The summed E-state index contributed by atoms with van der Waals surface area (Å²) >= 11 is 1.14. The Bertz CT molecular complexity index is 187. The van der Waals surface area contributed by atoms with Gasteiger partial charge in [-0.15, -0.1) is 0 Å². The van der Waals surface area contributed by atoms with E-state index in [9.17, 15) is 9.59 Å². The van der Waals surface area contributed by atoms with Crippen molar-refractivity contribution in [3.8, 4) is 0 Å². The number of hydrogen-bond acceptors (Lipinski definition) is 4. The van der Waals surface area contributed by atoms with E-state index < -0.39 is 11.4 Å². The molecule has 0 amide bonds. The number of ether oxygens (including phenoxy) is 1. The maximum absolute atomic E-state index is 11.3. The van der Waals surface area contributed by atoms with Crippen LogP contribution in [0.5, 0.6) is 0 Å². The zero-order valence-corrected chi connectivity index (χ0v) is 8.66. The predicted octanol–water partition coefficient (Wildman–Crippen LogP) is 1.47. The van der Waals surface area contributed by atoms with E-state index in [1.54, 1.807) is 13.8 Å². The zero-order valence-electron chi connectivity index (χ0n) is 7.84. The van der Waals surface area contributed by atoms with Crippen LogP contribution in [0.3, 0.4) is 0 Å². The molecule has 0 aliphatic carbocycles. The SMILES string of the molecule is CCSC(=O)C(C)(C)C(=O)OC. The van der Waals surface area contributed by atoms with Crippen molar-refractivity contribution in [2.45, 2.75) is 20.8 Å². The minimum absolute atomic E-state index is 0.142. The van der Waals surface area contributed by atoms with Crippen LogP contribution >= 0.6 is 11.8 Å². The van der Waals surface area contributed by atoms with Crippen LogP contribution in [0.2, 0.25) is 0 Å². The molecule has 0 atom stereocenters. The standard InChI is InChI=1S/C8H14O3S/c1-5-12-7(10)8(2,3)6(9)11-4/h5H2,1-4H3. The van der Waals surface area contributed by atoms with Crippen LogP contribution < -0.4 is 0 Å². The number of carbonyl (C=O) groups is 2. The Balaban J connectivity index is 4.38. The highest BCUT2D eigenvalue weighted by atomic mass is 32.2. The number of carbonyl (C=O) groups excluding carboxylic acids is 2. The minimum atomic E-state index is -1.02. The molecule has 0 aromatic heterocycles. The first-order valence-corrected chi connectivity index (χ1v) is 4.71. The number of rotatable bonds is 3. The van der Waals surface area contributed by atoms with Crippen molar-refractivity contribution >= 4 is 22.8 Å². The van der Waals surface area contributed by atoms with Gasteiger partial charge in [-0.25, -0.2) is 0 Å². The quantitative estimate of drug-likeness (QED) is 0.499. The third-order valence-corrected chi connectivity index (χ3v) is 2.54. The lowest BCUT2D eigenvalue weighted by Gasteiger charge is -2.18. The molecule has 4 heteroatoms. The summed E-state index contributed by atoms with van der Waals surface area (Å²) in [6, 6.07) is 0. The van der Waals surface area contributed by atoms with E-state index in [1.807, 2.05) is 6.92 Å². The van der Waals surface area contributed by atoms with Crippen LogP contribution in [0.15, 0.2) is 0 Å². The van der Waals surface area contributed by atoms with E-state index in [1.165, 1.54) is 7.11 Å². The second-order valence-corrected chi connectivity index (χ2v) is 4.07. The summed E-state index contributed by atoms with van der Waals surface area (Å²) in [6.07, 6.45) is 0. The van der Waals surface area contributed by atoms with Crippen LogP contribution in [0.1, 0.15) is 20.8 Å². The summed E-state index contributed by atoms with van der Waals surface area (Å²) in [5, 5.41) is -0.142. The Labute approximate surface area is 76.9 Å². The topological polar surface area (TPSA) is 43.4 Å². The molecule has 3 nitrogen and oxygen atoms in total.